The number of carbonyl (C=O) groups excluding carboxylic acids is 3. The Bertz CT molecular complexity index is 1200. The second-order valence-corrected chi connectivity index (χ2v) is 10.4. The van der Waals surface area contributed by atoms with Crippen LogP contribution in [0.3, 0.4) is 0 Å². The highest BCUT2D eigenvalue weighted by molar-refractivity contribution is 7.99. The third kappa shape index (κ3) is 10.3. The summed E-state index contributed by atoms with van der Waals surface area (Å²) in [6.07, 6.45) is 3.36. The Morgan fingerprint density at radius 1 is 0.949 bits per heavy atom. The molecule has 0 radical (unpaired) electrons. The van der Waals surface area contributed by atoms with Crippen LogP contribution in [0.4, 0.5) is 0 Å². The fraction of sp³-hybridized carbons (Fsp3) is 0.367. The predicted octanol–water partition coefficient (Wildman–Crippen LogP) is 5.70. The van der Waals surface area contributed by atoms with Crippen molar-refractivity contribution in [3.8, 4) is 11.3 Å². The van der Waals surface area contributed by atoms with Gasteiger partial charge >= 0.3 is 0 Å². The summed E-state index contributed by atoms with van der Waals surface area (Å²) in [6, 6.07) is 20.8. The Labute approximate surface area is 234 Å². The maximum absolute atomic E-state index is 12.9. The molecule has 8 nitrogen and oxygen atoms in total. The molecule has 2 aromatic carbocycles. The van der Waals surface area contributed by atoms with Gasteiger partial charge in [0.25, 0.3) is 5.91 Å². The van der Waals surface area contributed by atoms with Crippen LogP contribution in [0.15, 0.2) is 76.0 Å². The van der Waals surface area contributed by atoms with Gasteiger partial charge in [0.1, 0.15) is 5.76 Å². The zero-order valence-electron chi connectivity index (χ0n) is 22.5. The van der Waals surface area contributed by atoms with E-state index in [1.54, 1.807) is 23.9 Å². The fourth-order valence-corrected chi connectivity index (χ4v) is 4.69. The Kier molecular flexibility index (Phi) is 12.6. The van der Waals surface area contributed by atoms with Gasteiger partial charge in [-0.05, 0) is 42.0 Å². The lowest BCUT2D eigenvalue weighted by Gasteiger charge is -2.17. The van der Waals surface area contributed by atoms with Crippen molar-refractivity contribution in [2.45, 2.75) is 57.5 Å². The molecule has 1 aromatic heterocycles. The monoisotopic (exact) mass is 551 g/mol. The van der Waals surface area contributed by atoms with E-state index in [0.29, 0.717) is 12.2 Å². The SMILES string of the molecule is CCCCC[C@H](CC(=O)NOCc1ccccc1)C(=O)NCNC(=O)c1ccc(-c2cccc(SCC)c2)o1. The molecule has 3 aromatic rings. The van der Waals surface area contributed by atoms with Crippen molar-refractivity contribution in [3.05, 3.63) is 78.1 Å². The van der Waals surface area contributed by atoms with E-state index in [2.05, 4.69) is 30.0 Å². The summed E-state index contributed by atoms with van der Waals surface area (Å²) in [5.41, 5.74) is 4.25. The zero-order chi connectivity index (χ0) is 27.9. The maximum atomic E-state index is 12.9. The molecule has 3 rings (SSSR count). The maximum Gasteiger partial charge on any atom is 0.288 e. The van der Waals surface area contributed by atoms with Gasteiger partial charge in [-0.2, -0.15) is 0 Å². The highest BCUT2D eigenvalue weighted by atomic mass is 32.2. The lowest BCUT2D eigenvalue weighted by molar-refractivity contribution is -0.139. The first-order chi connectivity index (χ1) is 19.0. The van der Waals surface area contributed by atoms with Crippen molar-refractivity contribution < 1.29 is 23.6 Å². The van der Waals surface area contributed by atoms with E-state index in [-0.39, 0.29) is 37.3 Å². The van der Waals surface area contributed by atoms with Crippen molar-refractivity contribution in [2.75, 3.05) is 12.4 Å². The summed E-state index contributed by atoms with van der Waals surface area (Å²) in [7, 11) is 0. The van der Waals surface area contributed by atoms with Crippen LogP contribution in [0.5, 0.6) is 0 Å². The lowest BCUT2D eigenvalue weighted by atomic mass is 9.96. The van der Waals surface area contributed by atoms with E-state index in [0.717, 1.165) is 41.0 Å². The number of hydroxylamine groups is 1. The van der Waals surface area contributed by atoms with E-state index in [9.17, 15) is 14.4 Å². The van der Waals surface area contributed by atoms with Gasteiger partial charge in [0, 0.05) is 22.8 Å². The van der Waals surface area contributed by atoms with E-state index < -0.39 is 11.8 Å². The Balaban J connectivity index is 1.47. The molecule has 0 fully saturated rings. The first-order valence-corrected chi connectivity index (χ1v) is 14.3. The Morgan fingerprint density at radius 2 is 1.77 bits per heavy atom. The number of furan rings is 1. The summed E-state index contributed by atoms with van der Waals surface area (Å²) in [6.45, 7) is 4.33. The molecule has 1 atom stereocenters. The number of rotatable bonds is 16. The smallest absolute Gasteiger partial charge is 0.288 e. The molecule has 0 aliphatic rings. The molecule has 0 unspecified atom stereocenters. The molecule has 0 bridgehead atoms. The van der Waals surface area contributed by atoms with Crippen LogP contribution in [0.1, 0.15) is 62.1 Å². The first-order valence-electron chi connectivity index (χ1n) is 13.3. The second-order valence-electron chi connectivity index (χ2n) is 9.04. The van der Waals surface area contributed by atoms with Crippen molar-refractivity contribution >= 4 is 29.5 Å². The summed E-state index contributed by atoms with van der Waals surface area (Å²) < 4.78 is 5.76. The molecule has 0 aliphatic carbocycles. The summed E-state index contributed by atoms with van der Waals surface area (Å²) in [4.78, 5) is 44.3. The molecule has 0 spiro atoms. The summed E-state index contributed by atoms with van der Waals surface area (Å²) in [5.74, 6) is 0.0905. The molecule has 0 saturated carbocycles. The minimum atomic E-state index is -0.530. The standard InChI is InChI=1S/C30H37N3O5S/c1-3-5-7-13-24(19-28(34)33-37-20-22-11-8-6-9-12-22)29(35)31-21-32-30(36)27-17-16-26(38-27)23-14-10-15-25(18-23)39-4-2/h6,8-12,14-18,24H,3-5,7,13,19-21H2,1-2H3,(H,31,35)(H,32,36)(H,33,34)/t24-/m1/s1. The van der Waals surface area contributed by atoms with Gasteiger partial charge < -0.3 is 15.1 Å². The van der Waals surface area contributed by atoms with Gasteiger partial charge in [0.15, 0.2) is 5.76 Å². The molecule has 0 aliphatic heterocycles. The number of amides is 3. The molecule has 208 valence electrons. The van der Waals surface area contributed by atoms with E-state index in [1.165, 1.54) is 0 Å². The number of thioether (sulfide) groups is 1. The van der Waals surface area contributed by atoms with Crippen LogP contribution in [0, 0.1) is 5.92 Å². The van der Waals surface area contributed by atoms with Crippen molar-refractivity contribution in [1.29, 1.82) is 0 Å². The number of nitrogens with one attached hydrogen (secondary N) is 3. The van der Waals surface area contributed by atoms with Gasteiger partial charge in [0.2, 0.25) is 11.8 Å². The van der Waals surface area contributed by atoms with Gasteiger partial charge in [-0.3, -0.25) is 19.2 Å². The third-order valence-corrected chi connectivity index (χ3v) is 6.87. The zero-order valence-corrected chi connectivity index (χ0v) is 23.4. The normalized spacial score (nSPS) is 11.5. The second kappa shape index (κ2) is 16.4. The number of carbonyl (C=O) groups is 3. The average Bonchev–Trinajstić information content (AvgIpc) is 3.44. The van der Waals surface area contributed by atoms with Crippen LogP contribution in [-0.4, -0.2) is 30.1 Å². The fourth-order valence-electron chi connectivity index (χ4n) is 3.97. The van der Waals surface area contributed by atoms with Crippen LogP contribution in [0.2, 0.25) is 0 Å². The minimum Gasteiger partial charge on any atom is -0.451 e. The topological polar surface area (TPSA) is 110 Å². The molecule has 9 heteroatoms. The molecule has 0 saturated heterocycles. The number of hydrogen-bond donors (Lipinski definition) is 3. The summed E-state index contributed by atoms with van der Waals surface area (Å²) in [5, 5.41) is 5.38. The van der Waals surface area contributed by atoms with Gasteiger partial charge in [-0.25, -0.2) is 5.48 Å². The average molecular weight is 552 g/mol. The molecule has 3 amide bonds. The van der Waals surface area contributed by atoms with E-state index in [1.807, 2.05) is 54.6 Å². The number of benzene rings is 2. The minimum absolute atomic E-state index is 0.00475. The number of unbranched alkanes of at least 4 members (excludes halogenated alkanes) is 2. The highest BCUT2D eigenvalue weighted by Crippen LogP contribution is 2.27. The predicted molar refractivity (Wildman–Crippen MR) is 153 cm³/mol. The third-order valence-electron chi connectivity index (χ3n) is 6.00. The molecule has 1 heterocycles. The van der Waals surface area contributed by atoms with Gasteiger partial charge in [-0.1, -0.05) is 75.6 Å². The summed E-state index contributed by atoms with van der Waals surface area (Å²) >= 11 is 1.73. The van der Waals surface area contributed by atoms with Crippen LogP contribution < -0.4 is 16.1 Å². The largest absolute Gasteiger partial charge is 0.451 e. The van der Waals surface area contributed by atoms with Crippen molar-refractivity contribution in [2.24, 2.45) is 5.92 Å². The highest BCUT2D eigenvalue weighted by Gasteiger charge is 2.22. The Hall–Kier alpha value is -3.56. The number of hydrogen-bond acceptors (Lipinski definition) is 6. The van der Waals surface area contributed by atoms with Crippen molar-refractivity contribution in [3.63, 3.8) is 0 Å². The molecule has 3 N–H and O–H groups in total. The first kappa shape index (κ1) is 30.0. The van der Waals surface area contributed by atoms with Crippen molar-refractivity contribution in [1.82, 2.24) is 16.1 Å². The van der Waals surface area contributed by atoms with Crippen LogP contribution in [0.25, 0.3) is 11.3 Å². The van der Waals surface area contributed by atoms with E-state index in [4.69, 9.17) is 9.25 Å². The molecular formula is C30H37N3O5S. The van der Waals surface area contributed by atoms with Gasteiger partial charge in [0.05, 0.1) is 13.3 Å². The van der Waals surface area contributed by atoms with E-state index >= 15 is 0 Å². The Morgan fingerprint density at radius 3 is 2.54 bits per heavy atom. The lowest BCUT2D eigenvalue weighted by Crippen LogP contribution is -2.41. The molecular weight excluding hydrogens is 514 g/mol. The van der Waals surface area contributed by atoms with Crippen LogP contribution in [-0.2, 0) is 21.0 Å². The molecule has 39 heavy (non-hydrogen) atoms. The quantitative estimate of drug-likeness (QED) is 0.0912. The van der Waals surface area contributed by atoms with Gasteiger partial charge in [-0.15, -0.1) is 11.8 Å². The van der Waals surface area contributed by atoms with Crippen LogP contribution >= 0.6 is 11.8 Å².